The van der Waals surface area contributed by atoms with Crippen LogP contribution in [0.3, 0.4) is 0 Å². The molecule has 0 aliphatic heterocycles. The first-order valence-electron chi connectivity index (χ1n) is 7.53. The molecule has 0 bridgehead atoms. The predicted octanol–water partition coefficient (Wildman–Crippen LogP) is 3.65. The maximum atomic E-state index is 4.48. The zero-order chi connectivity index (χ0) is 15.1. The fourth-order valence-electron chi connectivity index (χ4n) is 2.15. The number of aryl methyl sites for hydroxylation is 2. The van der Waals surface area contributed by atoms with Crippen molar-refractivity contribution in [2.75, 3.05) is 17.2 Å². The van der Waals surface area contributed by atoms with E-state index in [1.165, 1.54) is 5.56 Å². The summed E-state index contributed by atoms with van der Waals surface area (Å²) in [4.78, 5) is 8.91. The van der Waals surface area contributed by atoms with Gasteiger partial charge in [-0.05, 0) is 39.2 Å². The normalized spacial score (nSPS) is 10.7. The standard InChI is InChI=1S/C17H24N4/c1-13(2)19-16-12-14(3)20-17(21-16)18-11-7-10-15-8-5-4-6-9-15/h4-6,8-9,12-13H,7,10-11H2,1-3H3,(H2,18,19,20,21). The average Bonchev–Trinajstić information content (AvgIpc) is 2.43. The summed E-state index contributed by atoms with van der Waals surface area (Å²) in [5.41, 5.74) is 2.34. The van der Waals surface area contributed by atoms with Crippen LogP contribution in [0.1, 0.15) is 31.5 Å². The van der Waals surface area contributed by atoms with Crippen molar-refractivity contribution in [3.63, 3.8) is 0 Å². The lowest BCUT2D eigenvalue weighted by Crippen LogP contribution is -2.13. The van der Waals surface area contributed by atoms with Crippen LogP contribution in [-0.4, -0.2) is 22.6 Å². The molecule has 0 aliphatic rings. The van der Waals surface area contributed by atoms with Gasteiger partial charge in [-0.3, -0.25) is 0 Å². The smallest absolute Gasteiger partial charge is 0.224 e. The number of hydrogen-bond donors (Lipinski definition) is 2. The first-order chi connectivity index (χ1) is 10.1. The zero-order valence-electron chi connectivity index (χ0n) is 13.1. The van der Waals surface area contributed by atoms with E-state index in [2.05, 4.69) is 58.7 Å². The molecule has 0 saturated carbocycles. The molecule has 21 heavy (non-hydrogen) atoms. The molecular weight excluding hydrogens is 260 g/mol. The van der Waals surface area contributed by atoms with Gasteiger partial charge >= 0.3 is 0 Å². The van der Waals surface area contributed by atoms with Crippen LogP contribution in [-0.2, 0) is 6.42 Å². The lowest BCUT2D eigenvalue weighted by molar-refractivity contribution is 0.847. The number of benzene rings is 1. The summed E-state index contributed by atoms with van der Waals surface area (Å²) >= 11 is 0. The minimum Gasteiger partial charge on any atom is -0.368 e. The summed E-state index contributed by atoms with van der Waals surface area (Å²) in [6, 6.07) is 12.9. The second-order valence-electron chi connectivity index (χ2n) is 5.53. The third-order valence-corrected chi connectivity index (χ3v) is 3.06. The van der Waals surface area contributed by atoms with Crippen molar-refractivity contribution in [2.24, 2.45) is 0 Å². The second kappa shape index (κ2) is 7.62. The molecule has 0 atom stereocenters. The molecule has 0 aliphatic carbocycles. The van der Waals surface area contributed by atoms with Gasteiger partial charge in [-0.15, -0.1) is 0 Å². The maximum absolute atomic E-state index is 4.48. The summed E-state index contributed by atoms with van der Waals surface area (Å²) < 4.78 is 0. The third kappa shape index (κ3) is 5.42. The Labute approximate surface area is 127 Å². The van der Waals surface area contributed by atoms with Gasteiger partial charge in [-0.2, -0.15) is 4.98 Å². The number of hydrogen-bond acceptors (Lipinski definition) is 4. The Morgan fingerprint density at radius 2 is 1.86 bits per heavy atom. The Morgan fingerprint density at radius 1 is 1.10 bits per heavy atom. The van der Waals surface area contributed by atoms with Crippen LogP contribution in [0, 0.1) is 6.92 Å². The SMILES string of the molecule is Cc1cc(NC(C)C)nc(NCCCc2ccccc2)n1. The van der Waals surface area contributed by atoms with E-state index < -0.39 is 0 Å². The summed E-state index contributed by atoms with van der Waals surface area (Å²) in [5, 5.41) is 6.62. The van der Waals surface area contributed by atoms with Gasteiger partial charge in [-0.1, -0.05) is 30.3 Å². The molecule has 0 spiro atoms. The minimum atomic E-state index is 0.366. The van der Waals surface area contributed by atoms with E-state index in [4.69, 9.17) is 0 Å². The lowest BCUT2D eigenvalue weighted by Gasteiger charge is -2.12. The molecule has 1 aromatic heterocycles. The minimum absolute atomic E-state index is 0.366. The van der Waals surface area contributed by atoms with E-state index in [1.807, 2.05) is 19.1 Å². The van der Waals surface area contributed by atoms with E-state index in [9.17, 15) is 0 Å². The van der Waals surface area contributed by atoms with Crippen molar-refractivity contribution in [1.29, 1.82) is 0 Å². The molecule has 2 N–H and O–H groups in total. The van der Waals surface area contributed by atoms with Crippen LogP contribution in [0.25, 0.3) is 0 Å². The van der Waals surface area contributed by atoms with Crippen molar-refractivity contribution in [3.05, 3.63) is 47.7 Å². The average molecular weight is 284 g/mol. The highest BCUT2D eigenvalue weighted by atomic mass is 15.1. The maximum Gasteiger partial charge on any atom is 0.224 e. The predicted molar refractivity (Wildman–Crippen MR) is 88.8 cm³/mol. The Kier molecular flexibility index (Phi) is 5.55. The Morgan fingerprint density at radius 3 is 2.57 bits per heavy atom. The van der Waals surface area contributed by atoms with E-state index >= 15 is 0 Å². The quantitative estimate of drug-likeness (QED) is 0.762. The van der Waals surface area contributed by atoms with E-state index in [1.54, 1.807) is 0 Å². The van der Waals surface area contributed by atoms with Crippen molar-refractivity contribution in [2.45, 2.75) is 39.7 Å². The Balaban J connectivity index is 1.84. The number of rotatable bonds is 7. The fourth-order valence-corrected chi connectivity index (χ4v) is 2.15. The highest BCUT2D eigenvalue weighted by Crippen LogP contribution is 2.11. The van der Waals surface area contributed by atoms with E-state index in [0.29, 0.717) is 12.0 Å². The summed E-state index contributed by atoms with van der Waals surface area (Å²) in [7, 11) is 0. The summed E-state index contributed by atoms with van der Waals surface area (Å²) in [5.74, 6) is 1.58. The van der Waals surface area contributed by atoms with Gasteiger partial charge in [0, 0.05) is 24.3 Å². The Hall–Kier alpha value is -2.10. The van der Waals surface area contributed by atoms with Crippen LogP contribution in [0.15, 0.2) is 36.4 Å². The molecule has 2 aromatic rings. The van der Waals surface area contributed by atoms with Crippen LogP contribution >= 0.6 is 0 Å². The monoisotopic (exact) mass is 284 g/mol. The number of aromatic nitrogens is 2. The Bertz CT molecular complexity index is 552. The number of nitrogens with zero attached hydrogens (tertiary/aromatic N) is 2. The number of nitrogens with one attached hydrogen (secondary N) is 2. The zero-order valence-corrected chi connectivity index (χ0v) is 13.1. The molecular formula is C17H24N4. The van der Waals surface area contributed by atoms with Gasteiger partial charge in [0.2, 0.25) is 5.95 Å². The number of anilines is 2. The summed E-state index contributed by atoms with van der Waals surface area (Å²) in [6.07, 6.45) is 2.13. The van der Waals surface area contributed by atoms with Crippen LogP contribution < -0.4 is 10.6 Å². The molecule has 112 valence electrons. The van der Waals surface area contributed by atoms with Crippen molar-refractivity contribution >= 4 is 11.8 Å². The second-order valence-corrected chi connectivity index (χ2v) is 5.53. The fraction of sp³-hybridized carbons (Fsp3) is 0.412. The molecule has 4 heteroatoms. The molecule has 1 heterocycles. The van der Waals surface area contributed by atoms with Gasteiger partial charge < -0.3 is 10.6 Å². The molecule has 4 nitrogen and oxygen atoms in total. The topological polar surface area (TPSA) is 49.8 Å². The summed E-state index contributed by atoms with van der Waals surface area (Å²) in [6.45, 7) is 7.07. The largest absolute Gasteiger partial charge is 0.368 e. The van der Waals surface area contributed by atoms with Crippen molar-refractivity contribution in [1.82, 2.24) is 9.97 Å². The van der Waals surface area contributed by atoms with Crippen LogP contribution in [0.2, 0.25) is 0 Å². The molecule has 1 aromatic carbocycles. The lowest BCUT2D eigenvalue weighted by atomic mass is 10.1. The highest BCUT2D eigenvalue weighted by molar-refractivity contribution is 5.42. The van der Waals surface area contributed by atoms with E-state index in [0.717, 1.165) is 30.9 Å². The molecule has 0 amide bonds. The van der Waals surface area contributed by atoms with Crippen LogP contribution in [0.4, 0.5) is 11.8 Å². The molecule has 0 saturated heterocycles. The van der Waals surface area contributed by atoms with Gasteiger partial charge in [0.15, 0.2) is 0 Å². The van der Waals surface area contributed by atoms with Crippen molar-refractivity contribution in [3.8, 4) is 0 Å². The van der Waals surface area contributed by atoms with Gasteiger partial charge in [0.05, 0.1) is 0 Å². The van der Waals surface area contributed by atoms with Gasteiger partial charge in [0.1, 0.15) is 5.82 Å². The van der Waals surface area contributed by atoms with E-state index in [-0.39, 0.29) is 0 Å². The van der Waals surface area contributed by atoms with Crippen LogP contribution in [0.5, 0.6) is 0 Å². The third-order valence-electron chi connectivity index (χ3n) is 3.06. The molecule has 0 unspecified atom stereocenters. The van der Waals surface area contributed by atoms with Crippen molar-refractivity contribution < 1.29 is 0 Å². The first-order valence-corrected chi connectivity index (χ1v) is 7.53. The molecule has 0 radical (unpaired) electrons. The van der Waals surface area contributed by atoms with Gasteiger partial charge in [0.25, 0.3) is 0 Å². The molecule has 0 fully saturated rings. The first kappa shape index (κ1) is 15.3. The van der Waals surface area contributed by atoms with Gasteiger partial charge in [-0.25, -0.2) is 4.98 Å². The highest BCUT2D eigenvalue weighted by Gasteiger charge is 2.03. The molecule has 2 rings (SSSR count).